The van der Waals surface area contributed by atoms with Crippen molar-refractivity contribution in [3.05, 3.63) is 46.2 Å². The second-order valence-corrected chi connectivity index (χ2v) is 4.55. The highest BCUT2D eigenvalue weighted by Gasteiger charge is 2.38. The van der Waals surface area contributed by atoms with Crippen LogP contribution in [0.1, 0.15) is 27.9 Å². The fourth-order valence-corrected chi connectivity index (χ4v) is 2.35. The summed E-state index contributed by atoms with van der Waals surface area (Å²) in [5, 5.41) is 9.39. The predicted molar refractivity (Wildman–Crippen MR) is 68.6 cm³/mol. The van der Waals surface area contributed by atoms with Crippen molar-refractivity contribution in [2.45, 2.75) is 12.5 Å². The Bertz CT molecular complexity index is 745. The fourth-order valence-electron chi connectivity index (χ4n) is 2.35. The third kappa shape index (κ3) is 2.18. The van der Waals surface area contributed by atoms with E-state index in [0.29, 0.717) is 17.8 Å². The number of carboxylic acid groups (broad SMARTS) is 1. The van der Waals surface area contributed by atoms with Gasteiger partial charge in [0.05, 0.1) is 18.2 Å². The van der Waals surface area contributed by atoms with Crippen molar-refractivity contribution in [1.82, 2.24) is 24.8 Å². The first-order valence-corrected chi connectivity index (χ1v) is 6.18. The Hall–Kier alpha value is -2.97. The molecule has 1 unspecified atom stereocenters. The molecule has 0 spiro atoms. The summed E-state index contributed by atoms with van der Waals surface area (Å²) in [5.41, 5.74) is 0.585. The largest absolute Gasteiger partial charge is 0.479 e. The second-order valence-electron chi connectivity index (χ2n) is 4.55. The first-order chi connectivity index (χ1) is 10.1. The molecular formula is C12H11N5O4. The van der Waals surface area contributed by atoms with E-state index in [1.165, 1.54) is 17.4 Å². The summed E-state index contributed by atoms with van der Waals surface area (Å²) in [6.45, 7) is 0.228. The summed E-state index contributed by atoms with van der Waals surface area (Å²) < 4.78 is 0. The summed E-state index contributed by atoms with van der Waals surface area (Å²) in [6, 6.07) is -1.17. The van der Waals surface area contributed by atoms with Crippen LogP contribution in [-0.4, -0.2) is 48.4 Å². The third-order valence-corrected chi connectivity index (χ3v) is 3.31. The van der Waals surface area contributed by atoms with Gasteiger partial charge < -0.3 is 20.0 Å². The lowest BCUT2D eigenvalue weighted by Crippen LogP contribution is -2.44. The summed E-state index contributed by atoms with van der Waals surface area (Å²) in [5.74, 6) is -1.73. The maximum Gasteiger partial charge on any atom is 0.332 e. The molecule has 9 nitrogen and oxygen atoms in total. The Morgan fingerprint density at radius 2 is 2.14 bits per heavy atom. The number of carbonyl (C=O) groups is 2. The van der Waals surface area contributed by atoms with Gasteiger partial charge in [0.25, 0.3) is 11.5 Å². The average molecular weight is 289 g/mol. The summed E-state index contributed by atoms with van der Waals surface area (Å²) >= 11 is 0. The van der Waals surface area contributed by atoms with E-state index in [2.05, 4.69) is 19.9 Å². The minimum Gasteiger partial charge on any atom is -0.479 e. The van der Waals surface area contributed by atoms with E-state index in [1.54, 1.807) is 0 Å². The Morgan fingerprint density at radius 1 is 1.33 bits per heavy atom. The van der Waals surface area contributed by atoms with Gasteiger partial charge in [-0.3, -0.25) is 9.59 Å². The van der Waals surface area contributed by atoms with Gasteiger partial charge in [-0.1, -0.05) is 0 Å². The SMILES string of the molecule is O=C(O)C1c2nc[nH]c2CCN1C(=O)c1c[nH]c(=O)cn1. The van der Waals surface area contributed by atoms with Gasteiger partial charge in [-0.05, 0) is 0 Å². The highest BCUT2D eigenvalue weighted by molar-refractivity contribution is 5.95. The van der Waals surface area contributed by atoms with Gasteiger partial charge in [0, 0.05) is 24.9 Å². The molecule has 0 saturated carbocycles. The maximum atomic E-state index is 12.4. The normalized spacial score (nSPS) is 17.3. The molecule has 0 saturated heterocycles. The van der Waals surface area contributed by atoms with Crippen molar-refractivity contribution in [3.8, 4) is 0 Å². The molecule has 1 atom stereocenters. The van der Waals surface area contributed by atoms with Gasteiger partial charge in [0.1, 0.15) is 5.69 Å². The van der Waals surface area contributed by atoms with E-state index in [1.807, 2.05) is 0 Å². The van der Waals surface area contributed by atoms with E-state index >= 15 is 0 Å². The van der Waals surface area contributed by atoms with E-state index in [0.717, 1.165) is 6.20 Å². The number of H-pyrrole nitrogens is 2. The number of hydrogen-bond donors (Lipinski definition) is 3. The molecule has 3 rings (SSSR count). The number of imidazole rings is 1. The van der Waals surface area contributed by atoms with Crippen LogP contribution in [0.5, 0.6) is 0 Å². The lowest BCUT2D eigenvalue weighted by molar-refractivity contribution is -0.143. The summed E-state index contributed by atoms with van der Waals surface area (Å²) in [6.07, 6.45) is 4.04. The predicted octanol–water partition coefficient (Wildman–Crippen LogP) is -0.683. The van der Waals surface area contributed by atoms with E-state index in [-0.39, 0.29) is 12.2 Å². The lowest BCUT2D eigenvalue weighted by Gasteiger charge is -2.31. The van der Waals surface area contributed by atoms with Gasteiger partial charge in [-0.2, -0.15) is 0 Å². The number of aromatic amines is 2. The van der Waals surface area contributed by atoms with Crippen molar-refractivity contribution in [1.29, 1.82) is 0 Å². The average Bonchev–Trinajstić information content (AvgIpc) is 2.94. The number of nitrogens with one attached hydrogen (secondary N) is 2. The van der Waals surface area contributed by atoms with Gasteiger partial charge in [-0.25, -0.2) is 14.8 Å². The van der Waals surface area contributed by atoms with Crippen LogP contribution in [0, 0.1) is 0 Å². The molecule has 0 radical (unpaired) electrons. The molecule has 0 bridgehead atoms. The number of aromatic nitrogens is 4. The van der Waals surface area contributed by atoms with Gasteiger partial charge >= 0.3 is 5.97 Å². The van der Waals surface area contributed by atoms with Crippen molar-refractivity contribution in [3.63, 3.8) is 0 Å². The molecule has 2 aromatic heterocycles. The standard InChI is InChI=1S/C12H11N5O4/c18-8-4-13-7(3-14-8)11(19)17-2-1-6-9(16-5-15-6)10(17)12(20)21/h3-5,10H,1-2H2,(H,14,18)(H,15,16)(H,20,21). The van der Waals surface area contributed by atoms with Gasteiger partial charge in [0.2, 0.25) is 0 Å². The Kier molecular flexibility index (Phi) is 3.01. The Labute approximate surface area is 117 Å². The monoisotopic (exact) mass is 289 g/mol. The third-order valence-electron chi connectivity index (χ3n) is 3.31. The van der Waals surface area contributed by atoms with Crippen LogP contribution in [0.4, 0.5) is 0 Å². The molecular weight excluding hydrogens is 278 g/mol. The van der Waals surface area contributed by atoms with Gasteiger partial charge in [-0.15, -0.1) is 0 Å². The molecule has 3 heterocycles. The molecule has 9 heteroatoms. The number of fused-ring (bicyclic) bond motifs is 1. The van der Waals surface area contributed by atoms with Gasteiger partial charge in [0.15, 0.2) is 6.04 Å². The van der Waals surface area contributed by atoms with Crippen LogP contribution < -0.4 is 5.56 Å². The molecule has 1 aliphatic rings. The lowest BCUT2D eigenvalue weighted by atomic mass is 10.0. The molecule has 21 heavy (non-hydrogen) atoms. The highest BCUT2D eigenvalue weighted by atomic mass is 16.4. The van der Waals surface area contributed by atoms with Crippen LogP contribution in [0.15, 0.2) is 23.5 Å². The van der Waals surface area contributed by atoms with E-state index in [4.69, 9.17) is 0 Å². The maximum absolute atomic E-state index is 12.4. The quantitative estimate of drug-likeness (QED) is 0.671. The second kappa shape index (κ2) is 4.85. The minimum absolute atomic E-state index is 0.0140. The zero-order valence-electron chi connectivity index (χ0n) is 10.7. The number of amides is 1. The van der Waals surface area contributed by atoms with Crippen molar-refractivity contribution in [2.24, 2.45) is 0 Å². The minimum atomic E-state index is -1.17. The number of nitrogens with zero attached hydrogens (tertiary/aromatic N) is 3. The van der Waals surface area contributed by atoms with Crippen molar-refractivity contribution < 1.29 is 14.7 Å². The fraction of sp³-hybridized carbons (Fsp3) is 0.250. The Balaban J connectivity index is 1.98. The first-order valence-electron chi connectivity index (χ1n) is 6.18. The van der Waals surface area contributed by atoms with Crippen LogP contribution in [0.25, 0.3) is 0 Å². The Morgan fingerprint density at radius 3 is 2.81 bits per heavy atom. The summed E-state index contributed by atoms with van der Waals surface area (Å²) in [4.78, 5) is 49.0. The highest BCUT2D eigenvalue weighted by Crippen LogP contribution is 2.28. The molecule has 0 aliphatic carbocycles. The van der Waals surface area contributed by atoms with E-state index < -0.39 is 23.5 Å². The summed E-state index contributed by atoms with van der Waals surface area (Å²) in [7, 11) is 0. The zero-order valence-corrected chi connectivity index (χ0v) is 10.7. The molecule has 0 aromatic carbocycles. The van der Waals surface area contributed by atoms with Crippen LogP contribution in [-0.2, 0) is 11.2 Å². The molecule has 2 aromatic rings. The van der Waals surface area contributed by atoms with Crippen LogP contribution >= 0.6 is 0 Å². The number of hydrogen-bond acceptors (Lipinski definition) is 5. The van der Waals surface area contributed by atoms with Crippen LogP contribution in [0.3, 0.4) is 0 Å². The number of carboxylic acids is 1. The smallest absolute Gasteiger partial charge is 0.332 e. The molecule has 3 N–H and O–H groups in total. The van der Waals surface area contributed by atoms with Crippen molar-refractivity contribution >= 4 is 11.9 Å². The molecule has 108 valence electrons. The number of rotatable bonds is 2. The first kappa shape index (κ1) is 13.0. The van der Waals surface area contributed by atoms with E-state index in [9.17, 15) is 19.5 Å². The molecule has 1 aliphatic heterocycles. The molecule has 0 fully saturated rings. The zero-order chi connectivity index (χ0) is 15.0. The number of carbonyl (C=O) groups excluding carboxylic acids is 1. The van der Waals surface area contributed by atoms with Crippen molar-refractivity contribution in [2.75, 3.05) is 6.54 Å². The topological polar surface area (TPSA) is 132 Å². The molecule has 1 amide bonds. The van der Waals surface area contributed by atoms with Crippen LogP contribution in [0.2, 0.25) is 0 Å². The number of aliphatic carboxylic acids is 1.